The summed E-state index contributed by atoms with van der Waals surface area (Å²) in [7, 11) is 0. The Balaban J connectivity index is 2.05. The maximum atomic E-state index is 12.7. The minimum absolute atomic E-state index is 0.0760. The van der Waals surface area contributed by atoms with Crippen LogP contribution >= 0.6 is 0 Å². The number of nitrogens with two attached hydrogens (primary N) is 1. The summed E-state index contributed by atoms with van der Waals surface area (Å²) in [4.78, 5) is 36.5. The molecule has 1 aromatic carbocycles. The predicted molar refractivity (Wildman–Crippen MR) is 111 cm³/mol. The van der Waals surface area contributed by atoms with Crippen LogP contribution in [0.2, 0.25) is 0 Å². The molecule has 8 N–H and O–H groups in total. The molecule has 190 valence electrons. The van der Waals surface area contributed by atoms with E-state index >= 15 is 0 Å². The molecule has 0 heterocycles. The lowest BCUT2D eigenvalue weighted by Crippen LogP contribution is -2.64. The number of aliphatic hydroxyl groups is 3. The van der Waals surface area contributed by atoms with Crippen molar-refractivity contribution in [1.82, 2.24) is 10.6 Å². The second-order valence-corrected chi connectivity index (χ2v) is 8.37. The van der Waals surface area contributed by atoms with Crippen LogP contribution in [0.15, 0.2) is 24.3 Å². The number of alkyl halides is 3. The zero-order valence-electron chi connectivity index (χ0n) is 18.3. The normalized spacial score (nSPS) is 25.9. The third-order valence-electron chi connectivity index (χ3n) is 5.26. The number of carbonyl (C=O) groups excluding carboxylic acids is 3. The summed E-state index contributed by atoms with van der Waals surface area (Å²) >= 11 is 0. The quantitative estimate of drug-likeness (QED) is 0.278. The van der Waals surface area contributed by atoms with Gasteiger partial charge in [0, 0.05) is 18.5 Å². The van der Waals surface area contributed by atoms with Gasteiger partial charge in [0.2, 0.25) is 5.91 Å². The Morgan fingerprint density at radius 3 is 2.24 bits per heavy atom. The molecule has 5 atom stereocenters. The van der Waals surface area contributed by atoms with Crippen molar-refractivity contribution in [3.8, 4) is 5.75 Å². The van der Waals surface area contributed by atoms with E-state index in [-0.39, 0.29) is 5.69 Å². The number of amides is 4. The number of halogens is 3. The summed E-state index contributed by atoms with van der Waals surface area (Å²) in [6.45, 7) is 3.24. The first-order valence-corrected chi connectivity index (χ1v) is 10.2. The summed E-state index contributed by atoms with van der Waals surface area (Å²) in [6.07, 6.45) is -9.09. The topological polar surface area (TPSA) is 183 Å². The summed E-state index contributed by atoms with van der Waals surface area (Å²) in [5.74, 6) is -2.74. The van der Waals surface area contributed by atoms with E-state index in [2.05, 4.69) is 20.7 Å². The van der Waals surface area contributed by atoms with Gasteiger partial charge in [-0.1, -0.05) is 13.8 Å². The van der Waals surface area contributed by atoms with Crippen LogP contribution < -0.4 is 26.4 Å². The Kier molecular flexibility index (Phi) is 8.34. The average Bonchev–Trinajstić information content (AvgIpc) is 2.69. The molecule has 0 bridgehead atoms. The van der Waals surface area contributed by atoms with E-state index in [9.17, 15) is 42.9 Å². The van der Waals surface area contributed by atoms with Gasteiger partial charge in [-0.25, -0.2) is 4.79 Å². The molecule has 1 aromatic rings. The van der Waals surface area contributed by atoms with Crippen molar-refractivity contribution in [1.29, 1.82) is 0 Å². The highest BCUT2D eigenvalue weighted by Gasteiger charge is 2.49. The smallest absolute Gasteiger partial charge is 0.406 e. The van der Waals surface area contributed by atoms with Crippen LogP contribution in [0, 0.1) is 5.92 Å². The first kappa shape index (κ1) is 27.1. The van der Waals surface area contributed by atoms with Crippen LogP contribution in [0.4, 0.5) is 23.7 Å². The van der Waals surface area contributed by atoms with Crippen molar-refractivity contribution in [3.63, 3.8) is 0 Å². The fourth-order valence-corrected chi connectivity index (χ4v) is 3.54. The fraction of sp³-hybridized carbons (Fsp3) is 0.550. The number of aliphatic hydroxyl groups excluding tert-OH is 2. The van der Waals surface area contributed by atoms with Gasteiger partial charge < -0.3 is 41.7 Å². The summed E-state index contributed by atoms with van der Waals surface area (Å²) in [6, 6.07) is 0.879. The third kappa shape index (κ3) is 7.20. The standard InChI is InChI=1S/C20H27F3N4O7/c1-9(2)14(16(24)30)27-17(31)19(33)7-12(15(29)13(28)8-19)26-18(32)25-10-3-5-11(6-4-10)34-20(21,22)23/h3-6,9,12-15,28-29,33H,7-8H2,1-2H3,(H2,24,30)(H,27,31)(H2,25,26,32)/t12-,13+,14+,15+,19-/m0/s1. The molecule has 2 rings (SSSR count). The number of rotatable bonds is 7. The SMILES string of the molecule is CC(C)[C@@H](NC(=O)[C@@]1(O)C[C@@H](O)[C@H](O)[C@@H](NC(=O)Nc2ccc(OC(F)(F)F)cc2)C1)C(N)=O. The Labute approximate surface area is 192 Å². The number of ether oxygens (including phenoxy) is 1. The van der Waals surface area contributed by atoms with Gasteiger partial charge in [0.15, 0.2) is 0 Å². The van der Waals surface area contributed by atoms with Crippen LogP contribution in [-0.4, -0.2) is 69.4 Å². The summed E-state index contributed by atoms with van der Waals surface area (Å²) < 4.78 is 40.4. The molecule has 0 saturated heterocycles. The summed E-state index contributed by atoms with van der Waals surface area (Å²) in [5.41, 5.74) is 3.10. The lowest BCUT2D eigenvalue weighted by molar-refractivity contribution is -0.274. The maximum Gasteiger partial charge on any atom is 0.573 e. The molecular formula is C20H27F3N4O7. The number of primary amides is 1. The Morgan fingerprint density at radius 1 is 1.15 bits per heavy atom. The molecule has 1 fully saturated rings. The number of nitrogens with one attached hydrogen (secondary N) is 3. The van der Waals surface area contributed by atoms with Crippen molar-refractivity contribution < 1.29 is 47.6 Å². The van der Waals surface area contributed by atoms with E-state index in [4.69, 9.17) is 5.73 Å². The van der Waals surface area contributed by atoms with Crippen LogP contribution in [0.1, 0.15) is 26.7 Å². The monoisotopic (exact) mass is 492 g/mol. The molecule has 14 heteroatoms. The molecule has 0 unspecified atom stereocenters. The Morgan fingerprint density at radius 2 is 1.74 bits per heavy atom. The van der Waals surface area contributed by atoms with Gasteiger partial charge in [-0.3, -0.25) is 9.59 Å². The molecule has 34 heavy (non-hydrogen) atoms. The van der Waals surface area contributed by atoms with E-state index in [1.54, 1.807) is 13.8 Å². The molecule has 0 aliphatic heterocycles. The summed E-state index contributed by atoms with van der Waals surface area (Å²) in [5, 5.41) is 38.1. The predicted octanol–water partition coefficient (Wildman–Crippen LogP) is -0.0519. The molecule has 4 amide bonds. The third-order valence-corrected chi connectivity index (χ3v) is 5.26. The van der Waals surface area contributed by atoms with Crippen LogP contribution in [0.5, 0.6) is 5.75 Å². The number of carbonyl (C=O) groups is 3. The van der Waals surface area contributed by atoms with E-state index in [1.165, 1.54) is 0 Å². The van der Waals surface area contributed by atoms with Crippen LogP contribution in [0.3, 0.4) is 0 Å². The van der Waals surface area contributed by atoms with Gasteiger partial charge in [0.1, 0.15) is 23.5 Å². The molecule has 0 aromatic heterocycles. The lowest BCUT2D eigenvalue weighted by atomic mass is 9.77. The van der Waals surface area contributed by atoms with Gasteiger partial charge in [-0.2, -0.15) is 0 Å². The molecule has 0 spiro atoms. The Hall–Kier alpha value is -3.10. The first-order valence-electron chi connectivity index (χ1n) is 10.2. The van der Waals surface area contributed by atoms with Crippen LogP contribution in [0.25, 0.3) is 0 Å². The second-order valence-electron chi connectivity index (χ2n) is 8.37. The van der Waals surface area contributed by atoms with E-state index in [0.717, 1.165) is 24.3 Å². The number of benzene rings is 1. The zero-order valence-corrected chi connectivity index (χ0v) is 18.3. The van der Waals surface area contributed by atoms with Crippen molar-refractivity contribution in [2.24, 2.45) is 11.7 Å². The fourth-order valence-electron chi connectivity index (χ4n) is 3.54. The van der Waals surface area contributed by atoms with Gasteiger partial charge >= 0.3 is 12.4 Å². The molecule has 1 aliphatic rings. The minimum Gasteiger partial charge on any atom is -0.406 e. The number of anilines is 1. The molecule has 1 saturated carbocycles. The van der Waals surface area contributed by atoms with Crippen molar-refractivity contribution in [2.45, 2.75) is 62.9 Å². The number of hydrogen-bond donors (Lipinski definition) is 7. The second kappa shape index (κ2) is 10.4. The lowest BCUT2D eigenvalue weighted by Gasteiger charge is -2.42. The maximum absolute atomic E-state index is 12.7. The van der Waals surface area contributed by atoms with E-state index in [0.29, 0.717) is 0 Å². The molecule has 11 nitrogen and oxygen atoms in total. The van der Waals surface area contributed by atoms with Crippen molar-refractivity contribution >= 4 is 23.5 Å². The number of hydrogen-bond acceptors (Lipinski definition) is 7. The van der Waals surface area contributed by atoms with E-state index in [1.807, 2.05) is 0 Å². The van der Waals surface area contributed by atoms with Crippen molar-refractivity contribution in [2.75, 3.05) is 5.32 Å². The van der Waals surface area contributed by atoms with Gasteiger partial charge in [-0.15, -0.1) is 13.2 Å². The number of urea groups is 1. The van der Waals surface area contributed by atoms with Gasteiger partial charge in [0.05, 0.1) is 12.1 Å². The highest BCUT2D eigenvalue weighted by atomic mass is 19.4. The Bertz CT molecular complexity index is 897. The van der Waals surface area contributed by atoms with Gasteiger partial charge in [0.25, 0.3) is 5.91 Å². The largest absolute Gasteiger partial charge is 0.573 e. The zero-order chi connectivity index (χ0) is 25.8. The van der Waals surface area contributed by atoms with Crippen LogP contribution in [-0.2, 0) is 9.59 Å². The molecule has 1 aliphatic carbocycles. The molecular weight excluding hydrogens is 465 g/mol. The van der Waals surface area contributed by atoms with E-state index < -0.39 is 78.6 Å². The molecule has 0 radical (unpaired) electrons. The highest BCUT2D eigenvalue weighted by molar-refractivity contribution is 5.92. The minimum atomic E-state index is -4.88. The highest BCUT2D eigenvalue weighted by Crippen LogP contribution is 2.30. The van der Waals surface area contributed by atoms with Gasteiger partial charge in [-0.05, 0) is 30.2 Å². The first-order chi connectivity index (χ1) is 15.6. The van der Waals surface area contributed by atoms with Crippen molar-refractivity contribution in [3.05, 3.63) is 24.3 Å². The average molecular weight is 492 g/mol.